The first-order valence-corrected chi connectivity index (χ1v) is 9.25. The van der Waals surface area contributed by atoms with Gasteiger partial charge in [-0.25, -0.2) is 0 Å². The maximum atomic E-state index is 12.9. The number of carbonyl (C=O) groups is 1. The lowest BCUT2D eigenvalue weighted by molar-refractivity contribution is -0.134. The van der Waals surface area contributed by atoms with Gasteiger partial charge in [-0.3, -0.25) is 4.79 Å². The molecule has 1 aliphatic rings. The van der Waals surface area contributed by atoms with E-state index in [9.17, 15) is 4.79 Å². The lowest BCUT2D eigenvalue weighted by Gasteiger charge is -2.27. The lowest BCUT2D eigenvalue weighted by atomic mass is 10.0. The molecule has 1 saturated heterocycles. The second-order valence-electron chi connectivity index (χ2n) is 6.91. The number of benzene rings is 2. The van der Waals surface area contributed by atoms with Crippen molar-refractivity contribution in [2.45, 2.75) is 32.7 Å². The van der Waals surface area contributed by atoms with Crippen molar-refractivity contribution >= 4 is 5.91 Å². The summed E-state index contributed by atoms with van der Waals surface area (Å²) in [7, 11) is 3.29. The number of ether oxygens (including phenoxy) is 3. The molecule has 2 aromatic carbocycles. The van der Waals surface area contributed by atoms with E-state index in [0.29, 0.717) is 0 Å². The molecule has 144 valence electrons. The van der Waals surface area contributed by atoms with Crippen molar-refractivity contribution in [2.24, 2.45) is 0 Å². The molecule has 0 aromatic heterocycles. The van der Waals surface area contributed by atoms with Gasteiger partial charge in [0.2, 0.25) is 0 Å². The Labute approximate surface area is 160 Å². The molecule has 1 fully saturated rings. The summed E-state index contributed by atoms with van der Waals surface area (Å²) in [5, 5.41) is 0. The Kier molecular flexibility index (Phi) is 5.89. The van der Waals surface area contributed by atoms with Crippen LogP contribution >= 0.6 is 0 Å². The fraction of sp³-hybridized carbons (Fsp3) is 0.409. The highest BCUT2D eigenvalue weighted by Gasteiger charge is 2.32. The number of hydrogen-bond acceptors (Lipinski definition) is 4. The van der Waals surface area contributed by atoms with Gasteiger partial charge < -0.3 is 19.1 Å². The van der Waals surface area contributed by atoms with Gasteiger partial charge in [-0.15, -0.1) is 0 Å². The Balaban J connectivity index is 1.76. The summed E-state index contributed by atoms with van der Waals surface area (Å²) in [5.74, 6) is 2.29. The predicted octanol–water partition coefficient (Wildman–Crippen LogP) is 4.06. The van der Waals surface area contributed by atoms with E-state index in [4.69, 9.17) is 14.2 Å². The van der Waals surface area contributed by atoms with Gasteiger partial charge in [0.05, 0.1) is 20.3 Å². The Bertz CT molecular complexity index is 818. The van der Waals surface area contributed by atoms with Gasteiger partial charge in [0.15, 0.2) is 6.61 Å². The summed E-state index contributed by atoms with van der Waals surface area (Å²) in [4.78, 5) is 14.8. The van der Waals surface area contributed by atoms with Crippen LogP contribution in [-0.4, -0.2) is 38.2 Å². The van der Waals surface area contributed by atoms with Crippen LogP contribution < -0.4 is 14.2 Å². The van der Waals surface area contributed by atoms with Gasteiger partial charge in [0.25, 0.3) is 5.91 Å². The van der Waals surface area contributed by atoms with E-state index < -0.39 is 0 Å². The van der Waals surface area contributed by atoms with Crippen LogP contribution in [0.15, 0.2) is 36.4 Å². The molecular formula is C22H27NO4. The Hall–Kier alpha value is -2.69. The highest BCUT2D eigenvalue weighted by Crippen LogP contribution is 2.39. The van der Waals surface area contributed by atoms with E-state index in [1.807, 2.05) is 55.1 Å². The standard InChI is InChI=1S/C22H27NO4/c1-15-7-8-16(2)21(12-15)27-14-22(24)23-11-5-6-19(23)18-13-17(25-3)9-10-20(18)26-4/h7-10,12-13,19H,5-6,11,14H2,1-4H3. The van der Waals surface area contributed by atoms with Crippen LogP contribution in [0.3, 0.4) is 0 Å². The average Bonchev–Trinajstić information content (AvgIpc) is 3.17. The van der Waals surface area contributed by atoms with Gasteiger partial charge in [0.1, 0.15) is 17.2 Å². The number of hydrogen-bond donors (Lipinski definition) is 0. The molecule has 1 unspecified atom stereocenters. The minimum Gasteiger partial charge on any atom is -0.497 e. The normalized spacial score (nSPS) is 16.3. The summed E-state index contributed by atoms with van der Waals surface area (Å²) in [6.07, 6.45) is 1.86. The molecule has 1 heterocycles. The van der Waals surface area contributed by atoms with Gasteiger partial charge in [-0.05, 0) is 62.1 Å². The van der Waals surface area contributed by atoms with Crippen molar-refractivity contribution in [1.82, 2.24) is 4.90 Å². The van der Waals surface area contributed by atoms with E-state index >= 15 is 0 Å². The van der Waals surface area contributed by atoms with Crippen LogP contribution in [0, 0.1) is 13.8 Å². The third kappa shape index (κ3) is 4.18. The van der Waals surface area contributed by atoms with Gasteiger partial charge in [-0.1, -0.05) is 12.1 Å². The number of aryl methyl sites for hydroxylation is 2. The zero-order chi connectivity index (χ0) is 19.4. The monoisotopic (exact) mass is 369 g/mol. The fourth-order valence-corrected chi connectivity index (χ4v) is 3.57. The first-order chi connectivity index (χ1) is 13.0. The number of nitrogens with zero attached hydrogens (tertiary/aromatic N) is 1. The van der Waals surface area contributed by atoms with Crippen molar-refractivity contribution in [2.75, 3.05) is 27.4 Å². The summed E-state index contributed by atoms with van der Waals surface area (Å²) in [5.41, 5.74) is 3.12. The smallest absolute Gasteiger partial charge is 0.261 e. The molecule has 0 bridgehead atoms. The maximum absolute atomic E-state index is 12.9. The van der Waals surface area contributed by atoms with Crippen LogP contribution in [0.5, 0.6) is 17.2 Å². The number of likely N-dealkylation sites (tertiary alicyclic amines) is 1. The number of carbonyl (C=O) groups excluding carboxylic acids is 1. The highest BCUT2D eigenvalue weighted by molar-refractivity contribution is 5.79. The van der Waals surface area contributed by atoms with E-state index in [2.05, 4.69) is 0 Å². The van der Waals surface area contributed by atoms with Gasteiger partial charge in [-0.2, -0.15) is 0 Å². The molecule has 1 atom stereocenters. The second kappa shape index (κ2) is 8.33. The van der Waals surface area contributed by atoms with Crippen LogP contribution in [0.4, 0.5) is 0 Å². The minimum atomic E-state index is -0.0234. The molecule has 3 rings (SSSR count). The average molecular weight is 369 g/mol. The topological polar surface area (TPSA) is 48.0 Å². The Morgan fingerprint density at radius 3 is 2.63 bits per heavy atom. The van der Waals surface area contributed by atoms with E-state index in [1.165, 1.54) is 0 Å². The molecule has 0 N–H and O–H groups in total. The summed E-state index contributed by atoms with van der Waals surface area (Å²) < 4.78 is 16.7. The number of methoxy groups -OCH3 is 2. The lowest BCUT2D eigenvalue weighted by Crippen LogP contribution is -2.34. The first-order valence-electron chi connectivity index (χ1n) is 9.25. The molecule has 5 nitrogen and oxygen atoms in total. The van der Waals surface area contributed by atoms with Crippen molar-refractivity contribution < 1.29 is 19.0 Å². The highest BCUT2D eigenvalue weighted by atomic mass is 16.5. The van der Waals surface area contributed by atoms with Crippen molar-refractivity contribution in [3.8, 4) is 17.2 Å². The van der Waals surface area contributed by atoms with Crippen molar-refractivity contribution in [3.05, 3.63) is 53.1 Å². The van der Waals surface area contributed by atoms with Gasteiger partial charge >= 0.3 is 0 Å². The third-order valence-corrected chi connectivity index (χ3v) is 5.06. The molecule has 0 spiro atoms. The summed E-state index contributed by atoms with van der Waals surface area (Å²) in [6, 6.07) is 11.7. The third-order valence-electron chi connectivity index (χ3n) is 5.06. The van der Waals surface area contributed by atoms with Crippen LogP contribution in [0.25, 0.3) is 0 Å². The number of amides is 1. The predicted molar refractivity (Wildman–Crippen MR) is 105 cm³/mol. The van der Waals surface area contributed by atoms with Gasteiger partial charge in [0, 0.05) is 12.1 Å². The molecule has 0 radical (unpaired) electrons. The maximum Gasteiger partial charge on any atom is 0.261 e. The SMILES string of the molecule is COc1ccc(OC)c(C2CCCN2C(=O)COc2cc(C)ccc2C)c1. The molecule has 2 aromatic rings. The molecule has 27 heavy (non-hydrogen) atoms. The molecule has 1 amide bonds. The largest absolute Gasteiger partial charge is 0.497 e. The Morgan fingerprint density at radius 1 is 1.07 bits per heavy atom. The molecule has 0 saturated carbocycles. The molecular weight excluding hydrogens is 342 g/mol. The van der Waals surface area contributed by atoms with E-state index in [-0.39, 0.29) is 18.6 Å². The second-order valence-corrected chi connectivity index (χ2v) is 6.91. The zero-order valence-corrected chi connectivity index (χ0v) is 16.5. The van der Waals surface area contributed by atoms with Crippen molar-refractivity contribution in [1.29, 1.82) is 0 Å². The van der Waals surface area contributed by atoms with Crippen LogP contribution in [0.2, 0.25) is 0 Å². The molecule has 1 aliphatic heterocycles. The Morgan fingerprint density at radius 2 is 1.89 bits per heavy atom. The quantitative estimate of drug-likeness (QED) is 0.770. The first kappa shape index (κ1) is 19.1. The molecule has 0 aliphatic carbocycles. The number of rotatable bonds is 6. The van der Waals surface area contributed by atoms with Crippen LogP contribution in [0.1, 0.15) is 35.6 Å². The fourth-order valence-electron chi connectivity index (χ4n) is 3.57. The minimum absolute atomic E-state index is 0.0109. The van der Waals surface area contributed by atoms with E-state index in [0.717, 1.165) is 53.3 Å². The summed E-state index contributed by atoms with van der Waals surface area (Å²) >= 11 is 0. The van der Waals surface area contributed by atoms with Crippen molar-refractivity contribution in [3.63, 3.8) is 0 Å². The molecule has 5 heteroatoms. The zero-order valence-electron chi connectivity index (χ0n) is 16.5. The van der Waals surface area contributed by atoms with Crippen LogP contribution in [-0.2, 0) is 4.79 Å². The van der Waals surface area contributed by atoms with E-state index in [1.54, 1.807) is 14.2 Å². The summed E-state index contributed by atoms with van der Waals surface area (Å²) in [6.45, 7) is 4.76.